The Bertz CT molecular complexity index is 513. The van der Waals surface area contributed by atoms with E-state index in [0.717, 1.165) is 25.6 Å². The predicted molar refractivity (Wildman–Crippen MR) is 78.3 cm³/mol. The molecule has 0 atom stereocenters. The molecule has 8 nitrogen and oxygen atoms in total. The van der Waals surface area contributed by atoms with Gasteiger partial charge >= 0.3 is 0 Å². The number of nitrogens with one attached hydrogen (secondary N) is 1. The summed E-state index contributed by atoms with van der Waals surface area (Å²) in [6.07, 6.45) is 0. The first-order chi connectivity index (χ1) is 10.1. The Morgan fingerprint density at radius 1 is 1.33 bits per heavy atom. The van der Waals surface area contributed by atoms with Crippen LogP contribution in [0.3, 0.4) is 0 Å². The number of morpholine rings is 1. The maximum Gasteiger partial charge on any atom is 0.237 e. The van der Waals surface area contributed by atoms with Crippen molar-refractivity contribution in [2.75, 3.05) is 37.0 Å². The van der Waals surface area contributed by atoms with Crippen molar-refractivity contribution in [2.24, 2.45) is 0 Å². The van der Waals surface area contributed by atoms with Gasteiger partial charge in [0.2, 0.25) is 17.8 Å². The van der Waals surface area contributed by atoms with E-state index < -0.39 is 0 Å². The molecule has 1 aliphatic heterocycles. The average molecular weight is 313 g/mol. The fraction of sp³-hybridized carbons (Fsp3) is 0.667. The number of ether oxygens (including phenoxy) is 1. The highest BCUT2D eigenvalue weighted by molar-refractivity contribution is 7.99. The van der Waals surface area contributed by atoms with E-state index in [1.165, 1.54) is 18.7 Å². The average Bonchev–Trinajstić information content (AvgIpc) is 2.88. The van der Waals surface area contributed by atoms with Crippen molar-refractivity contribution in [2.45, 2.75) is 25.5 Å². The fourth-order valence-electron chi connectivity index (χ4n) is 2.02. The van der Waals surface area contributed by atoms with E-state index in [2.05, 4.69) is 20.4 Å². The summed E-state index contributed by atoms with van der Waals surface area (Å²) in [5.74, 6) is 0.258. The van der Waals surface area contributed by atoms with E-state index in [1.807, 2.05) is 11.5 Å². The molecule has 2 heterocycles. The Hall–Kier alpha value is -1.61. The molecular weight excluding hydrogens is 294 g/mol. The van der Waals surface area contributed by atoms with Gasteiger partial charge in [-0.15, -0.1) is 10.2 Å². The molecule has 0 aliphatic carbocycles. The van der Waals surface area contributed by atoms with Gasteiger partial charge in [0.05, 0.1) is 19.0 Å². The molecule has 1 saturated heterocycles. The van der Waals surface area contributed by atoms with Gasteiger partial charge in [0.25, 0.3) is 0 Å². The number of rotatable bonds is 5. The molecule has 2 amide bonds. The quantitative estimate of drug-likeness (QED) is 0.759. The number of hydrogen-bond donors (Lipinski definition) is 1. The number of hydrogen-bond acceptors (Lipinski definition) is 7. The lowest BCUT2D eigenvalue weighted by Crippen LogP contribution is -2.38. The first-order valence-electron chi connectivity index (χ1n) is 6.81. The first-order valence-corrected chi connectivity index (χ1v) is 7.79. The molecular formula is C12H19N5O3S. The minimum atomic E-state index is -0.355. The van der Waals surface area contributed by atoms with Crippen LogP contribution in [-0.2, 0) is 20.9 Å². The van der Waals surface area contributed by atoms with Crippen LogP contribution in [0.15, 0.2) is 5.16 Å². The van der Waals surface area contributed by atoms with Crippen LogP contribution in [0.1, 0.15) is 13.8 Å². The van der Waals surface area contributed by atoms with Crippen LogP contribution in [0.2, 0.25) is 0 Å². The van der Waals surface area contributed by atoms with E-state index in [-0.39, 0.29) is 17.6 Å². The Morgan fingerprint density at radius 2 is 2.05 bits per heavy atom. The van der Waals surface area contributed by atoms with Gasteiger partial charge in [0.15, 0.2) is 5.16 Å². The zero-order valence-corrected chi connectivity index (χ0v) is 13.0. The molecule has 0 unspecified atom stereocenters. The minimum absolute atomic E-state index is 0.140. The number of carbonyl (C=O) groups is 2. The lowest BCUT2D eigenvalue weighted by molar-refractivity contribution is -0.127. The molecule has 1 aromatic heterocycles. The Labute approximate surface area is 127 Å². The normalized spacial score (nSPS) is 15.0. The van der Waals surface area contributed by atoms with Crippen molar-refractivity contribution in [3.05, 3.63) is 0 Å². The van der Waals surface area contributed by atoms with E-state index >= 15 is 0 Å². The molecule has 1 aliphatic rings. The van der Waals surface area contributed by atoms with E-state index in [9.17, 15) is 9.59 Å². The maximum atomic E-state index is 11.5. The summed E-state index contributed by atoms with van der Waals surface area (Å²) in [7, 11) is 0. The Morgan fingerprint density at radius 3 is 2.67 bits per heavy atom. The minimum Gasteiger partial charge on any atom is -0.378 e. The summed E-state index contributed by atoms with van der Waals surface area (Å²) in [6, 6.07) is 0. The molecule has 9 heteroatoms. The zero-order chi connectivity index (χ0) is 15.2. The lowest BCUT2D eigenvalue weighted by Gasteiger charge is -2.27. The van der Waals surface area contributed by atoms with Gasteiger partial charge in [0.1, 0.15) is 0 Å². The molecule has 1 N–H and O–H groups in total. The smallest absolute Gasteiger partial charge is 0.237 e. The van der Waals surface area contributed by atoms with Gasteiger partial charge in [-0.1, -0.05) is 11.8 Å². The summed E-state index contributed by atoms with van der Waals surface area (Å²) in [5, 5.41) is 11.3. The molecule has 1 fully saturated rings. The van der Waals surface area contributed by atoms with Crippen molar-refractivity contribution < 1.29 is 14.3 Å². The third kappa shape index (κ3) is 4.18. The Balaban J connectivity index is 2.01. The molecule has 0 bridgehead atoms. The van der Waals surface area contributed by atoms with E-state index in [4.69, 9.17) is 4.74 Å². The first kappa shape index (κ1) is 15.8. The summed E-state index contributed by atoms with van der Waals surface area (Å²) in [6.45, 7) is 6.97. The van der Waals surface area contributed by atoms with E-state index in [1.54, 1.807) is 0 Å². The number of anilines is 1. The maximum absolute atomic E-state index is 11.5. The molecule has 21 heavy (non-hydrogen) atoms. The van der Waals surface area contributed by atoms with Crippen molar-refractivity contribution in [1.82, 2.24) is 20.1 Å². The van der Waals surface area contributed by atoms with Gasteiger partial charge in [-0.3, -0.25) is 19.5 Å². The zero-order valence-electron chi connectivity index (χ0n) is 12.2. The van der Waals surface area contributed by atoms with Gasteiger partial charge in [-0.2, -0.15) is 0 Å². The van der Waals surface area contributed by atoms with Gasteiger partial charge in [0, 0.05) is 26.6 Å². The number of amides is 2. The molecule has 0 aromatic carbocycles. The standard InChI is InChI=1S/C12H19N5O3S/c1-3-17-11(16-4-6-20-7-5-16)14-15-12(17)21-8-10(19)13-9(2)18/h3-8H2,1-2H3,(H,13,18,19). The number of imide groups is 1. The SMILES string of the molecule is CCn1c(SCC(=O)NC(C)=O)nnc1N1CCOCC1. The summed E-state index contributed by atoms with van der Waals surface area (Å²) >= 11 is 1.27. The van der Waals surface area contributed by atoms with Gasteiger partial charge < -0.3 is 9.64 Å². The fourth-order valence-corrected chi connectivity index (χ4v) is 2.82. The van der Waals surface area contributed by atoms with Crippen molar-refractivity contribution in [3.63, 3.8) is 0 Å². The molecule has 116 valence electrons. The second kappa shape index (κ2) is 7.41. The molecule has 2 rings (SSSR count). The highest BCUT2D eigenvalue weighted by Gasteiger charge is 2.20. The number of thioether (sulfide) groups is 1. The second-order valence-electron chi connectivity index (χ2n) is 4.52. The highest BCUT2D eigenvalue weighted by atomic mass is 32.2. The molecule has 0 spiro atoms. The summed E-state index contributed by atoms with van der Waals surface area (Å²) < 4.78 is 7.30. The van der Waals surface area contributed by atoms with E-state index in [0.29, 0.717) is 18.4 Å². The van der Waals surface area contributed by atoms with Crippen molar-refractivity contribution >= 4 is 29.5 Å². The summed E-state index contributed by atoms with van der Waals surface area (Å²) in [5.41, 5.74) is 0. The topological polar surface area (TPSA) is 89.3 Å². The van der Waals surface area contributed by atoms with Crippen LogP contribution < -0.4 is 10.2 Å². The number of carbonyl (C=O) groups excluding carboxylic acids is 2. The molecule has 0 radical (unpaired) electrons. The van der Waals surface area contributed by atoms with Crippen LogP contribution in [0.25, 0.3) is 0 Å². The van der Waals surface area contributed by atoms with Crippen LogP contribution in [0, 0.1) is 0 Å². The molecule has 0 saturated carbocycles. The van der Waals surface area contributed by atoms with Crippen LogP contribution in [0.5, 0.6) is 0 Å². The Kier molecular flexibility index (Phi) is 5.57. The van der Waals surface area contributed by atoms with Crippen molar-refractivity contribution in [1.29, 1.82) is 0 Å². The highest BCUT2D eigenvalue weighted by Crippen LogP contribution is 2.22. The lowest BCUT2D eigenvalue weighted by atomic mass is 10.4. The molecule has 1 aromatic rings. The monoisotopic (exact) mass is 313 g/mol. The predicted octanol–water partition coefficient (Wildman–Crippen LogP) is -0.111. The van der Waals surface area contributed by atoms with Gasteiger partial charge in [-0.25, -0.2) is 0 Å². The second-order valence-corrected chi connectivity index (χ2v) is 5.46. The van der Waals surface area contributed by atoms with Crippen LogP contribution in [-0.4, -0.2) is 58.6 Å². The third-order valence-electron chi connectivity index (χ3n) is 2.96. The van der Waals surface area contributed by atoms with Crippen LogP contribution >= 0.6 is 11.8 Å². The van der Waals surface area contributed by atoms with Crippen LogP contribution in [0.4, 0.5) is 5.95 Å². The van der Waals surface area contributed by atoms with Gasteiger partial charge in [-0.05, 0) is 6.92 Å². The van der Waals surface area contributed by atoms with Crippen molar-refractivity contribution in [3.8, 4) is 0 Å². The third-order valence-corrected chi connectivity index (χ3v) is 3.92. The number of nitrogens with zero attached hydrogens (tertiary/aromatic N) is 4. The number of aromatic nitrogens is 3. The largest absolute Gasteiger partial charge is 0.378 e. The summed E-state index contributed by atoms with van der Waals surface area (Å²) in [4.78, 5) is 24.4.